The molecule has 0 aliphatic carbocycles. The lowest BCUT2D eigenvalue weighted by atomic mass is 10.1. The van der Waals surface area contributed by atoms with Crippen molar-refractivity contribution in [2.75, 3.05) is 18.4 Å². The van der Waals surface area contributed by atoms with Crippen LogP contribution in [-0.2, 0) is 10.0 Å². The molecule has 0 bridgehead atoms. The minimum absolute atomic E-state index is 0.0306. The molecule has 3 aromatic rings. The highest BCUT2D eigenvalue weighted by Crippen LogP contribution is 2.23. The molecule has 8 nitrogen and oxygen atoms in total. The van der Waals surface area contributed by atoms with Gasteiger partial charge in [0.1, 0.15) is 0 Å². The minimum Gasteiger partial charge on any atom is -0.403 e. The third-order valence-corrected chi connectivity index (χ3v) is 7.01. The summed E-state index contributed by atoms with van der Waals surface area (Å²) < 4.78 is 32.7. The lowest BCUT2D eigenvalue weighted by Gasteiger charge is -2.21. The van der Waals surface area contributed by atoms with Crippen LogP contribution in [0.25, 0.3) is 11.5 Å². The van der Waals surface area contributed by atoms with Crippen molar-refractivity contribution < 1.29 is 17.6 Å². The Balaban J connectivity index is 1.73. The van der Waals surface area contributed by atoms with Crippen molar-refractivity contribution in [3.05, 3.63) is 59.2 Å². The molecule has 0 saturated carbocycles. The number of rotatable bonds is 9. The third-order valence-electron chi connectivity index (χ3n) is 5.10. The Labute approximate surface area is 188 Å². The Hall–Kier alpha value is -3.04. The second-order valence-electron chi connectivity index (χ2n) is 7.59. The molecule has 0 radical (unpaired) electrons. The van der Waals surface area contributed by atoms with Crippen molar-refractivity contribution in [2.45, 2.75) is 45.4 Å². The Kier molecular flexibility index (Phi) is 7.42. The van der Waals surface area contributed by atoms with Gasteiger partial charge in [0, 0.05) is 24.2 Å². The van der Waals surface area contributed by atoms with E-state index in [-0.39, 0.29) is 16.5 Å². The number of nitrogens with one attached hydrogen (secondary N) is 1. The molecule has 0 saturated heterocycles. The van der Waals surface area contributed by atoms with E-state index < -0.39 is 15.9 Å². The number of nitrogens with zero attached hydrogens (tertiary/aromatic N) is 3. The van der Waals surface area contributed by atoms with E-state index in [9.17, 15) is 13.2 Å². The van der Waals surface area contributed by atoms with Gasteiger partial charge in [0.2, 0.25) is 15.9 Å². The first-order valence-corrected chi connectivity index (χ1v) is 12.0. The minimum atomic E-state index is -3.60. The van der Waals surface area contributed by atoms with E-state index >= 15 is 0 Å². The van der Waals surface area contributed by atoms with E-state index in [1.165, 1.54) is 28.6 Å². The highest BCUT2D eigenvalue weighted by molar-refractivity contribution is 7.89. The van der Waals surface area contributed by atoms with E-state index in [1.807, 2.05) is 45.9 Å². The lowest BCUT2D eigenvalue weighted by molar-refractivity contribution is 0.102. The van der Waals surface area contributed by atoms with E-state index in [0.717, 1.165) is 29.5 Å². The SMILES string of the molecule is CCCN(CCC)S(=O)(=O)c1ccc(C(=O)Nc2nnc(-c3ccc(C)c(C)c3)o2)cc1. The summed E-state index contributed by atoms with van der Waals surface area (Å²) in [5.41, 5.74) is 3.30. The Morgan fingerprint density at radius 3 is 2.22 bits per heavy atom. The number of carbonyl (C=O) groups is 1. The molecule has 170 valence electrons. The fourth-order valence-corrected chi connectivity index (χ4v) is 4.84. The van der Waals surface area contributed by atoms with Crippen LogP contribution in [0.4, 0.5) is 6.01 Å². The number of sulfonamides is 1. The molecule has 1 amide bonds. The maximum Gasteiger partial charge on any atom is 0.322 e. The van der Waals surface area contributed by atoms with Crippen molar-refractivity contribution in [3.63, 3.8) is 0 Å². The zero-order valence-electron chi connectivity index (χ0n) is 18.8. The second-order valence-corrected chi connectivity index (χ2v) is 9.53. The number of amides is 1. The molecule has 3 rings (SSSR count). The molecule has 0 aliphatic heterocycles. The van der Waals surface area contributed by atoms with Gasteiger partial charge < -0.3 is 4.42 Å². The highest BCUT2D eigenvalue weighted by Gasteiger charge is 2.23. The summed E-state index contributed by atoms with van der Waals surface area (Å²) in [7, 11) is -3.60. The second kappa shape index (κ2) is 10.1. The van der Waals surface area contributed by atoms with Crippen LogP contribution < -0.4 is 5.32 Å². The molecule has 2 aromatic carbocycles. The Bertz CT molecular complexity index is 1180. The lowest BCUT2D eigenvalue weighted by Crippen LogP contribution is -2.32. The fourth-order valence-electron chi connectivity index (χ4n) is 3.21. The number of aromatic nitrogens is 2. The van der Waals surface area contributed by atoms with E-state index in [4.69, 9.17) is 4.42 Å². The van der Waals surface area contributed by atoms with Crippen LogP contribution in [0.5, 0.6) is 0 Å². The molecular weight excluding hydrogens is 428 g/mol. The van der Waals surface area contributed by atoms with Crippen LogP contribution in [0.3, 0.4) is 0 Å². The van der Waals surface area contributed by atoms with Gasteiger partial charge >= 0.3 is 6.01 Å². The van der Waals surface area contributed by atoms with Gasteiger partial charge in [-0.15, -0.1) is 5.10 Å². The van der Waals surface area contributed by atoms with E-state index in [1.54, 1.807) is 0 Å². The standard InChI is InChI=1S/C23H28N4O4S/c1-5-13-27(14-6-2)32(29,30)20-11-9-18(10-12-20)21(28)24-23-26-25-22(31-23)19-8-7-16(3)17(4)15-19/h7-12,15H,5-6,13-14H2,1-4H3,(H,24,26,28). The zero-order valence-corrected chi connectivity index (χ0v) is 19.6. The van der Waals surface area contributed by atoms with Gasteiger partial charge in [0.25, 0.3) is 5.91 Å². The van der Waals surface area contributed by atoms with Gasteiger partial charge in [0.15, 0.2) is 0 Å². The van der Waals surface area contributed by atoms with Crippen LogP contribution in [-0.4, -0.2) is 41.9 Å². The molecule has 0 unspecified atom stereocenters. The maximum atomic E-state index is 12.9. The Morgan fingerprint density at radius 2 is 1.62 bits per heavy atom. The molecule has 32 heavy (non-hydrogen) atoms. The van der Waals surface area contributed by atoms with Crippen LogP contribution in [0.15, 0.2) is 51.8 Å². The van der Waals surface area contributed by atoms with Crippen LogP contribution in [0.1, 0.15) is 48.2 Å². The van der Waals surface area contributed by atoms with E-state index in [2.05, 4.69) is 15.5 Å². The maximum absolute atomic E-state index is 12.9. The number of aryl methyl sites for hydroxylation is 2. The molecule has 0 aliphatic rings. The summed E-state index contributed by atoms with van der Waals surface area (Å²) in [6.45, 7) is 8.80. The summed E-state index contributed by atoms with van der Waals surface area (Å²) in [5, 5.41) is 10.4. The molecular formula is C23H28N4O4S. The molecule has 9 heteroatoms. The van der Waals surface area contributed by atoms with Gasteiger partial charge in [-0.2, -0.15) is 4.31 Å². The first-order chi connectivity index (χ1) is 15.3. The summed E-state index contributed by atoms with van der Waals surface area (Å²) in [6.07, 6.45) is 1.46. The van der Waals surface area contributed by atoms with Gasteiger partial charge in [-0.25, -0.2) is 8.42 Å². The van der Waals surface area contributed by atoms with Gasteiger partial charge in [0.05, 0.1) is 4.90 Å². The van der Waals surface area contributed by atoms with Gasteiger partial charge in [-0.05, 0) is 74.2 Å². The molecule has 0 fully saturated rings. The predicted molar refractivity (Wildman–Crippen MR) is 123 cm³/mol. The van der Waals surface area contributed by atoms with Crippen LogP contribution in [0.2, 0.25) is 0 Å². The number of hydrogen-bond acceptors (Lipinski definition) is 6. The van der Waals surface area contributed by atoms with Crippen molar-refractivity contribution in [1.82, 2.24) is 14.5 Å². The van der Waals surface area contributed by atoms with Crippen molar-refractivity contribution >= 4 is 21.9 Å². The normalized spacial score (nSPS) is 11.7. The van der Waals surface area contributed by atoms with Crippen molar-refractivity contribution in [2.24, 2.45) is 0 Å². The first-order valence-electron chi connectivity index (χ1n) is 10.6. The quantitative estimate of drug-likeness (QED) is 0.511. The smallest absolute Gasteiger partial charge is 0.322 e. The summed E-state index contributed by atoms with van der Waals surface area (Å²) >= 11 is 0. The fraction of sp³-hybridized carbons (Fsp3) is 0.348. The molecule has 1 heterocycles. The van der Waals surface area contributed by atoms with Gasteiger partial charge in [-0.1, -0.05) is 25.0 Å². The van der Waals surface area contributed by atoms with Crippen molar-refractivity contribution in [3.8, 4) is 11.5 Å². The number of benzene rings is 2. The predicted octanol–water partition coefficient (Wildman–Crippen LogP) is 4.42. The first kappa shape index (κ1) is 23.6. The van der Waals surface area contributed by atoms with Crippen LogP contribution in [0, 0.1) is 13.8 Å². The summed E-state index contributed by atoms with van der Waals surface area (Å²) in [6, 6.07) is 11.6. The Morgan fingerprint density at radius 1 is 0.969 bits per heavy atom. The van der Waals surface area contributed by atoms with Gasteiger partial charge in [-0.3, -0.25) is 10.1 Å². The molecule has 1 aromatic heterocycles. The molecule has 0 spiro atoms. The zero-order chi connectivity index (χ0) is 23.3. The topological polar surface area (TPSA) is 105 Å². The molecule has 1 N–H and O–H groups in total. The monoisotopic (exact) mass is 456 g/mol. The number of carbonyl (C=O) groups excluding carboxylic acids is 1. The van der Waals surface area contributed by atoms with Crippen molar-refractivity contribution in [1.29, 1.82) is 0 Å². The third kappa shape index (κ3) is 5.23. The summed E-state index contributed by atoms with van der Waals surface area (Å²) in [5.74, 6) is -0.167. The molecule has 0 atom stereocenters. The van der Waals surface area contributed by atoms with Crippen LogP contribution >= 0.6 is 0 Å². The number of hydrogen-bond donors (Lipinski definition) is 1. The van der Waals surface area contributed by atoms with E-state index in [0.29, 0.717) is 19.0 Å². The summed E-state index contributed by atoms with van der Waals surface area (Å²) in [4.78, 5) is 12.7. The average molecular weight is 457 g/mol. The number of anilines is 1. The highest BCUT2D eigenvalue weighted by atomic mass is 32.2. The average Bonchev–Trinajstić information content (AvgIpc) is 3.24. The largest absolute Gasteiger partial charge is 0.403 e.